The van der Waals surface area contributed by atoms with Gasteiger partial charge in [-0.2, -0.15) is 24.4 Å². The Morgan fingerprint density at radius 3 is 2.06 bits per heavy atom. The van der Waals surface area contributed by atoms with E-state index >= 15 is 0 Å². The Kier molecular flexibility index (Phi) is 15.3. The maximum absolute atomic E-state index is 12.7. The number of amides is 3. The average molecular weight is 496 g/mol. The standard InChI is InChI=1S/C17H33N7O6S2/c1-32-6-4-11(16(29)30)23-15(28)12(8-31)24-14(27)10(3-2-5-21-17(19)20)22-13(26)9(18)7-25/h9-12,25,31H,2-8,18H2,1H3,(H,22,26)(H,23,28)(H,24,27)(H,29,30)(H4,19,20,21). The lowest BCUT2D eigenvalue weighted by molar-refractivity contribution is -0.142. The van der Waals surface area contributed by atoms with Crippen molar-refractivity contribution < 1.29 is 29.4 Å². The number of hydrogen-bond donors (Lipinski definition) is 9. The van der Waals surface area contributed by atoms with Crippen LogP contribution in [-0.4, -0.2) is 94.9 Å². The van der Waals surface area contributed by atoms with Gasteiger partial charge in [-0.3, -0.25) is 19.4 Å². The number of thioether (sulfide) groups is 1. The lowest BCUT2D eigenvalue weighted by Gasteiger charge is -2.24. The first-order chi connectivity index (χ1) is 15.1. The number of aliphatic hydroxyl groups is 1. The van der Waals surface area contributed by atoms with Crippen LogP contribution in [0.5, 0.6) is 0 Å². The molecule has 0 saturated heterocycles. The highest BCUT2D eigenvalue weighted by Crippen LogP contribution is 2.04. The molecule has 4 atom stereocenters. The number of carbonyl (C=O) groups is 4. The molecule has 0 rings (SSSR count). The molecule has 0 aromatic carbocycles. The Balaban J connectivity index is 5.22. The van der Waals surface area contributed by atoms with Gasteiger partial charge < -0.3 is 43.4 Å². The Labute approximate surface area is 196 Å². The first-order valence-corrected chi connectivity index (χ1v) is 11.8. The molecule has 13 nitrogen and oxygen atoms in total. The zero-order valence-electron chi connectivity index (χ0n) is 17.8. The number of aliphatic imine (C=N–C) groups is 1. The quantitative estimate of drug-likeness (QED) is 0.0445. The Morgan fingerprint density at radius 1 is 1.00 bits per heavy atom. The first kappa shape index (κ1) is 29.8. The predicted molar refractivity (Wildman–Crippen MR) is 125 cm³/mol. The molecule has 4 unspecified atom stereocenters. The van der Waals surface area contributed by atoms with Crippen molar-refractivity contribution >= 4 is 54.0 Å². The Morgan fingerprint density at radius 2 is 1.56 bits per heavy atom. The minimum Gasteiger partial charge on any atom is -0.480 e. The summed E-state index contributed by atoms with van der Waals surface area (Å²) in [7, 11) is 0. The van der Waals surface area contributed by atoms with E-state index in [1.807, 2.05) is 6.26 Å². The number of thiol groups is 1. The number of aliphatic carboxylic acids is 1. The van der Waals surface area contributed by atoms with Gasteiger partial charge in [0.2, 0.25) is 17.7 Å². The van der Waals surface area contributed by atoms with Gasteiger partial charge in [0.25, 0.3) is 0 Å². The molecule has 32 heavy (non-hydrogen) atoms. The molecule has 0 aliphatic carbocycles. The van der Waals surface area contributed by atoms with Crippen LogP contribution in [0.2, 0.25) is 0 Å². The molecule has 0 bridgehead atoms. The van der Waals surface area contributed by atoms with Gasteiger partial charge in [0.05, 0.1) is 6.61 Å². The molecule has 0 heterocycles. The SMILES string of the molecule is CSCCC(NC(=O)C(CS)NC(=O)C(CCCN=C(N)N)NC(=O)C(N)CO)C(=O)O. The normalized spacial score (nSPS) is 14.4. The van der Waals surface area contributed by atoms with Gasteiger partial charge in [-0.15, -0.1) is 0 Å². The monoisotopic (exact) mass is 495 g/mol. The lowest BCUT2D eigenvalue weighted by atomic mass is 10.1. The van der Waals surface area contributed by atoms with Crippen LogP contribution in [0.15, 0.2) is 4.99 Å². The second-order valence-corrected chi connectivity index (χ2v) is 8.07. The van der Waals surface area contributed by atoms with Crippen molar-refractivity contribution in [2.45, 2.75) is 43.4 Å². The number of nitrogens with one attached hydrogen (secondary N) is 3. The van der Waals surface area contributed by atoms with Crippen molar-refractivity contribution in [3.8, 4) is 0 Å². The predicted octanol–water partition coefficient (Wildman–Crippen LogP) is -3.42. The van der Waals surface area contributed by atoms with E-state index in [-0.39, 0.29) is 31.1 Å². The van der Waals surface area contributed by atoms with Crippen molar-refractivity contribution in [2.24, 2.45) is 22.2 Å². The summed E-state index contributed by atoms with van der Waals surface area (Å²) in [4.78, 5) is 52.4. The molecule has 0 spiro atoms. The minimum atomic E-state index is -1.24. The van der Waals surface area contributed by atoms with Gasteiger partial charge in [-0.05, 0) is 31.3 Å². The molecule has 184 valence electrons. The van der Waals surface area contributed by atoms with Crippen LogP contribution in [0, 0.1) is 0 Å². The van der Waals surface area contributed by atoms with Crippen LogP contribution in [0.3, 0.4) is 0 Å². The van der Waals surface area contributed by atoms with E-state index in [1.165, 1.54) is 11.8 Å². The van der Waals surface area contributed by atoms with Gasteiger partial charge in [-0.25, -0.2) is 4.79 Å². The van der Waals surface area contributed by atoms with Crippen LogP contribution in [-0.2, 0) is 19.2 Å². The highest BCUT2D eigenvalue weighted by atomic mass is 32.2. The summed E-state index contributed by atoms with van der Waals surface area (Å²) in [5.41, 5.74) is 16.0. The molecule has 0 aromatic rings. The summed E-state index contributed by atoms with van der Waals surface area (Å²) >= 11 is 5.49. The molecule has 0 aliphatic rings. The highest BCUT2D eigenvalue weighted by Gasteiger charge is 2.29. The van der Waals surface area contributed by atoms with Gasteiger partial charge >= 0.3 is 5.97 Å². The molecule has 0 radical (unpaired) electrons. The van der Waals surface area contributed by atoms with Crippen molar-refractivity contribution in [3.05, 3.63) is 0 Å². The molecule has 0 aromatic heterocycles. The number of carboxylic acid groups (broad SMARTS) is 1. The van der Waals surface area contributed by atoms with E-state index in [0.29, 0.717) is 12.2 Å². The number of carboxylic acids is 1. The van der Waals surface area contributed by atoms with Crippen LogP contribution in [0.4, 0.5) is 0 Å². The average Bonchev–Trinajstić information content (AvgIpc) is 2.75. The van der Waals surface area contributed by atoms with Crippen LogP contribution in [0.25, 0.3) is 0 Å². The van der Waals surface area contributed by atoms with Gasteiger partial charge in [0.1, 0.15) is 24.2 Å². The third-order valence-electron chi connectivity index (χ3n) is 4.15. The minimum absolute atomic E-state index is 0.110. The fourth-order valence-electron chi connectivity index (χ4n) is 2.37. The first-order valence-electron chi connectivity index (χ1n) is 9.72. The van der Waals surface area contributed by atoms with E-state index in [2.05, 4.69) is 33.6 Å². The van der Waals surface area contributed by atoms with Crippen LogP contribution in [0.1, 0.15) is 19.3 Å². The number of rotatable bonds is 16. The largest absolute Gasteiger partial charge is 0.480 e. The van der Waals surface area contributed by atoms with Crippen LogP contribution < -0.4 is 33.2 Å². The van der Waals surface area contributed by atoms with Crippen molar-refractivity contribution in [3.63, 3.8) is 0 Å². The highest BCUT2D eigenvalue weighted by molar-refractivity contribution is 7.98. The van der Waals surface area contributed by atoms with Crippen molar-refractivity contribution in [1.29, 1.82) is 0 Å². The van der Waals surface area contributed by atoms with Gasteiger partial charge in [0, 0.05) is 12.3 Å². The third kappa shape index (κ3) is 12.0. The molecule has 0 saturated carbocycles. The van der Waals surface area contributed by atoms with E-state index < -0.39 is 54.5 Å². The summed E-state index contributed by atoms with van der Waals surface area (Å²) in [6.07, 6.45) is 2.44. The van der Waals surface area contributed by atoms with Crippen molar-refractivity contribution in [1.82, 2.24) is 16.0 Å². The van der Waals surface area contributed by atoms with Gasteiger partial charge in [-0.1, -0.05) is 0 Å². The zero-order chi connectivity index (χ0) is 24.7. The maximum Gasteiger partial charge on any atom is 0.326 e. The number of hydrogen-bond acceptors (Lipinski definition) is 9. The smallest absolute Gasteiger partial charge is 0.326 e. The lowest BCUT2D eigenvalue weighted by Crippen LogP contribution is -2.58. The summed E-state index contributed by atoms with van der Waals surface area (Å²) < 4.78 is 0. The van der Waals surface area contributed by atoms with E-state index in [9.17, 15) is 24.3 Å². The van der Waals surface area contributed by atoms with E-state index in [0.717, 1.165) is 0 Å². The second kappa shape index (κ2) is 16.4. The molecular formula is C17H33N7O6S2. The number of carbonyl (C=O) groups excluding carboxylic acids is 3. The molecule has 15 heteroatoms. The fraction of sp³-hybridized carbons (Fsp3) is 0.706. The molecule has 3 amide bonds. The number of nitrogens with two attached hydrogens (primary N) is 3. The summed E-state index contributed by atoms with van der Waals surface area (Å²) in [6.45, 7) is -0.428. The summed E-state index contributed by atoms with van der Waals surface area (Å²) in [5, 5.41) is 25.5. The molecule has 0 aliphatic heterocycles. The third-order valence-corrected chi connectivity index (χ3v) is 5.16. The van der Waals surface area contributed by atoms with E-state index in [1.54, 1.807) is 0 Å². The number of nitrogens with zero attached hydrogens (tertiary/aromatic N) is 1. The number of guanidine groups is 1. The zero-order valence-corrected chi connectivity index (χ0v) is 19.5. The Hall–Kier alpha value is -2.23. The fourth-order valence-corrected chi connectivity index (χ4v) is 3.09. The molecule has 11 N–H and O–H groups in total. The summed E-state index contributed by atoms with van der Waals surface area (Å²) in [5.74, 6) is -3.11. The van der Waals surface area contributed by atoms with Crippen molar-refractivity contribution in [2.75, 3.05) is 30.9 Å². The Bertz CT molecular complexity index is 663. The second-order valence-electron chi connectivity index (χ2n) is 6.72. The number of aliphatic hydroxyl groups excluding tert-OH is 1. The van der Waals surface area contributed by atoms with E-state index in [4.69, 9.17) is 22.3 Å². The summed E-state index contributed by atoms with van der Waals surface area (Å²) in [6, 6.07) is -4.60. The van der Waals surface area contributed by atoms with Gasteiger partial charge in [0.15, 0.2) is 5.96 Å². The molecular weight excluding hydrogens is 462 g/mol. The maximum atomic E-state index is 12.7. The molecule has 0 fully saturated rings. The van der Waals surface area contributed by atoms with Crippen LogP contribution >= 0.6 is 24.4 Å². The topological polar surface area (TPSA) is 235 Å².